The van der Waals surface area contributed by atoms with Crippen LogP contribution >= 0.6 is 0 Å². The van der Waals surface area contributed by atoms with Crippen molar-refractivity contribution in [1.29, 1.82) is 0 Å². The minimum absolute atomic E-state index is 0.488. The molecule has 0 bridgehead atoms. The summed E-state index contributed by atoms with van der Waals surface area (Å²) in [6, 6.07) is 11.2. The van der Waals surface area contributed by atoms with Crippen LogP contribution in [-0.2, 0) is 21.2 Å². The number of hydrogen-bond acceptors (Lipinski definition) is 3. The van der Waals surface area contributed by atoms with Crippen molar-refractivity contribution >= 4 is 21.6 Å². The van der Waals surface area contributed by atoms with Gasteiger partial charge in [-0.15, -0.1) is 0 Å². The topological polar surface area (TPSA) is 75.3 Å². The average Bonchev–Trinajstić information content (AvgIpc) is 2.54. The van der Waals surface area contributed by atoms with E-state index >= 15 is 0 Å². The van der Waals surface area contributed by atoms with Gasteiger partial charge < -0.3 is 5.32 Å². The fourth-order valence-corrected chi connectivity index (χ4v) is 3.41. The Labute approximate surface area is 141 Å². The molecule has 2 rings (SSSR count). The smallest absolute Gasteiger partial charge is 0.244 e. The second-order valence-electron chi connectivity index (χ2n) is 5.32. The number of rotatable bonds is 6. The first-order valence-corrected chi connectivity index (χ1v) is 8.98. The molecule has 2 N–H and O–H groups in total. The third-order valence-electron chi connectivity index (χ3n) is 3.45. The van der Waals surface area contributed by atoms with Crippen molar-refractivity contribution in [2.24, 2.45) is 0 Å². The molecule has 2 aromatic rings. The number of hydrogen-bond donors (Lipinski definition) is 2. The lowest BCUT2D eigenvalue weighted by atomic mass is 10.1. The highest BCUT2D eigenvalue weighted by Gasteiger charge is 2.24. The quantitative estimate of drug-likeness (QED) is 0.841. The summed E-state index contributed by atoms with van der Waals surface area (Å²) in [5.74, 6) is -1.39. The molecule has 24 heavy (non-hydrogen) atoms. The standard InChI is InChI=1S/C17H19FN2O3S/c1-3-13-7-6-8-14(11-13)19-17(21)12(2)20-24(22,23)16-10-5-4-9-15(16)18/h4-12,20H,3H2,1-2H3,(H,19,21)/t12-/m0/s1. The maximum absolute atomic E-state index is 13.6. The number of carbonyl (C=O) groups excluding carboxylic acids is 1. The Bertz CT molecular complexity index is 837. The summed E-state index contributed by atoms with van der Waals surface area (Å²) in [4.78, 5) is 11.7. The Morgan fingerprint density at radius 1 is 1.17 bits per heavy atom. The molecule has 0 saturated carbocycles. The van der Waals surface area contributed by atoms with Gasteiger partial charge in [0.05, 0.1) is 6.04 Å². The first-order valence-electron chi connectivity index (χ1n) is 7.50. The Morgan fingerprint density at radius 2 is 1.88 bits per heavy atom. The Kier molecular flexibility index (Phi) is 5.69. The lowest BCUT2D eigenvalue weighted by molar-refractivity contribution is -0.117. The first kappa shape index (κ1) is 18.1. The van der Waals surface area contributed by atoms with Crippen LogP contribution in [0.3, 0.4) is 0 Å². The van der Waals surface area contributed by atoms with Gasteiger partial charge in [0.2, 0.25) is 15.9 Å². The minimum Gasteiger partial charge on any atom is -0.325 e. The Balaban J connectivity index is 2.09. The Hall–Kier alpha value is -2.25. The van der Waals surface area contributed by atoms with E-state index in [0.29, 0.717) is 5.69 Å². The average molecular weight is 350 g/mol. The molecule has 7 heteroatoms. The number of halogens is 1. The molecule has 1 amide bonds. The van der Waals surface area contributed by atoms with E-state index in [0.717, 1.165) is 24.1 Å². The van der Waals surface area contributed by atoms with E-state index in [1.54, 1.807) is 6.07 Å². The molecular formula is C17H19FN2O3S. The van der Waals surface area contributed by atoms with E-state index in [-0.39, 0.29) is 0 Å². The molecule has 2 aromatic carbocycles. The van der Waals surface area contributed by atoms with Crippen LogP contribution in [0.25, 0.3) is 0 Å². The zero-order valence-electron chi connectivity index (χ0n) is 13.4. The number of aryl methyl sites for hydroxylation is 1. The van der Waals surface area contributed by atoms with Gasteiger partial charge >= 0.3 is 0 Å². The van der Waals surface area contributed by atoms with Crippen molar-refractivity contribution in [3.63, 3.8) is 0 Å². The van der Waals surface area contributed by atoms with Gasteiger partial charge in [-0.1, -0.05) is 31.2 Å². The van der Waals surface area contributed by atoms with Crippen molar-refractivity contribution in [3.8, 4) is 0 Å². The van der Waals surface area contributed by atoms with Gasteiger partial charge in [-0.3, -0.25) is 4.79 Å². The fourth-order valence-electron chi connectivity index (χ4n) is 2.13. The number of carbonyl (C=O) groups is 1. The summed E-state index contributed by atoms with van der Waals surface area (Å²) in [5, 5.41) is 2.65. The van der Waals surface area contributed by atoms with E-state index in [2.05, 4.69) is 10.0 Å². The minimum atomic E-state index is -4.13. The van der Waals surface area contributed by atoms with Crippen LogP contribution in [0.1, 0.15) is 19.4 Å². The summed E-state index contributed by atoms with van der Waals surface area (Å²) in [7, 11) is -4.13. The van der Waals surface area contributed by atoms with Crippen LogP contribution in [0.4, 0.5) is 10.1 Å². The van der Waals surface area contributed by atoms with Gasteiger partial charge in [0.25, 0.3) is 0 Å². The molecular weight excluding hydrogens is 331 g/mol. The maximum Gasteiger partial charge on any atom is 0.244 e. The van der Waals surface area contributed by atoms with E-state index in [4.69, 9.17) is 0 Å². The largest absolute Gasteiger partial charge is 0.325 e. The van der Waals surface area contributed by atoms with Crippen molar-refractivity contribution in [2.75, 3.05) is 5.32 Å². The molecule has 0 heterocycles. The molecule has 0 fully saturated rings. The second kappa shape index (κ2) is 7.55. The Morgan fingerprint density at radius 3 is 2.54 bits per heavy atom. The number of sulfonamides is 1. The number of nitrogens with one attached hydrogen (secondary N) is 2. The number of anilines is 1. The lowest BCUT2D eigenvalue weighted by Gasteiger charge is -2.15. The zero-order chi connectivity index (χ0) is 17.7. The van der Waals surface area contributed by atoms with Crippen molar-refractivity contribution in [3.05, 3.63) is 59.9 Å². The third kappa shape index (κ3) is 4.39. The summed E-state index contributed by atoms with van der Waals surface area (Å²) in [6.07, 6.45) is 0.819. The summed E-state index contributed by atoms with van der Waals surface area (Å²) < 4.78 is 40.2. The molecule has 0 aliphatic heterocycles. The second-order valence-corrected chi connectivity index (χ2v) is 7.00. The van der Waals surface area contributed by atoms with Crippen LogP contribution in [-0.4, -0.2) is 20.4 Å². The SMILES string of the molecule is CCc1cccc(NC(=O)[C@H](C)NS(=O)(=O)c2ccccc2F)c1. The van der Waals surface area contributed by atoms with Crippen LogP contribution < -0.4 is 10.0 Å². The third-order valence-corrected chi connectivity index (χ3v) is 5.03. The summed E-state index contributed by atoms with van der Waals surface area (Å²) in [6.45, 7) is 3.39. The van der Waals surface area contributed by atoms with E-state index in [9.17, 15) is 17.6 Å². The first-order chi connectivity index (χ1) is 11.3. The molecule has 0 aromatic heterocycles. The lowest BCUT2D eigenvalue weighted by Crippen LogP contribution is -2.41. The van der Waals surface area contributed by atoms with Gasteiger partial charge in [0, 0.05) is 5.69 Å². The van der Waals surface area contributed by atoms with Crippen LogP contribution in [0.5, 0.6) is 0 Å². The van der Waals surface area contributed by atoms with Crippen molar-refractivity contribution in [1.82, 2.24) is 4.72 Å². The molecule has 0 aliphatic rings. The molecule has 0 unspecified atom stereocenters. The maximum atomic E-state index is 13.6. The molecule has 0 saturated heterocycles. The highest BCUT2D eigenvalue weighted by molar-refractivity contribution is 7.89. The van der Waals surface area contributed by atoms with Gasteiger partial charge in [0.1, 0.15) is 10.7 Å². The predicted octanol–water partition coefficient (Wildman–Crippen LogP) is 2.69. The zero-order valence-corrected chi connectivity index (χ0v) is 14.2. The number of benzene rings is 2. The van der Waals surface area contributed by atoms with Gasteiger partial charge in [-0.25, -0.2) is 12.8 Å². The summed E-state index contributed by atoms with van der Waals surface area (Å²) in [5.41, 5.74) is 1.63. The van der Waals surface area contributed by atoms with Gasteiger partial charge in [0.15, 0.2) is 0 Å². The van der Waals surface area contributed by atoms with E-state index < -0.39 is 32.7 Å². The van der Waals surface area contributed by atoms with Crippen LogP contribution in [0.2, 0.25) is 0 Å². The fraction of sp³-hybridized carbons (Fsp3) is 0.235. The number of amides is 1. The van der Waals surface area contributed by atoms with Crippen molar-refractivity contribution < 1.29 is 17.6 Å². The van der Waals surface area contributed by atoms with Gasteiger partial charge in [-0.05, 0) is 43.2 Å². The molecule has 1 atom stereocenters. The van der Waals surface area contributed by atoms with Gasteiger partial charge in [-0.2, -0.15) is 4.72 Å². The highest BCUT2D eigenvalue weighted by Crippen LogP contribution is 2.15. The van der Waals surface area contributed by atoms with Crippen LogP contribution in [0, 0.1) is 5.82 Å². The molecule has 0 aliphatic carbocycles. The van der Waals surface area contributed by atoms with E-state index in [1.165, 1.54) is 19.1 Å². The molecule has 0 radical (unpaired) electrons. The normalized spacial score (nSPS) is 12.6. The molecule has 5 nitrogen and oxygen atoms in total. The van der Waals surface area contributed by atoms with Crippen LogP contribution in [0.15, 0.2) is 53.4 Å². The molecule has 128 valence electrons. The van der Waals surface area contributed by atoms with E-state index in [1.807, 2.05) is 25.1 Å². The monoisotopic (exact) mass is 350 g/mol. The molecule has 0 spiro atoms. The van der Waals surface area contributed by atoms with Crippen molar-refractivity contribution in [2.45, 2.75) is 31.2 Å². The highest BCUT2D eigenvalue weighted by atomic mass is 32.2. The predicted molar refractivity (Wildman–Crippen MR) is 90.6 cm³/mol. The summed E-state index contributed by atoms with van der Waals surface area (Å²) >= 11 is 0.